The molecule has 0 unspecified atom stereocenters. The minimum Gasteiger partial charge on any atom is -0.326 e. The fourth-order valence-electron chi connectivity index (χ4n) is 2.56. The normalized spacial score (nSPS) is 11.0. The van der Waals surface area contributed by atoms with Crippen molar-refractivity contribution in [2.45, 2.75) is 6.92 Å². The smallest absolute Gasteiger partial charge is 0.267 e. The zero-order valence-electron chi connectivity index (χ0n) is 13.5. The predicted octanol–water partition coefficient (Wildman–Crippen LogP) is 4.86. The van der Waals surface area contributed by atoms with Gasteiger partial charge < -0.3 is 5.32 Å². The summed E-state index contributed by atoms with van der Waals surface area (Å²) in [7, 11) is 0. The highest BCUT2D eigenvalue weighted by Crippen LogP contribution is 2.31. The summed E-state index contributed by atoms with van der Waals surface area (Å²) in [6.45, 7) is 1.44. The van der Waals surface area contributed by atoms with Crippen molar-refractivity contribution in [2.75, 3.05) is 10.6 Å². The number of rotatable bonds is 3. The Morgan fingerprint density at radius 2 is 1.88 bits per heavy atom. The molecule has 0 bridgehead atoms. The summed E-state index contributed by atoms with van der Waals surface area (Å²) in [5.41, 5.74) is 1.40. The van der Waals surface area contributed by atoms with E-state index in [1.54, 1.807) is 36.4 Å². The summed E-state index contributed by atoms with van der Waals surface area (Å²) in [4.78, 5) is 28.4. The lowest BCUT2D eigenvalue weighted by Crippen LogP contribution is -2.09. The van der Waals surface area contributed by atoms with Gasteiger partial charge in [-0.2, -0.15) is 0 Å². The number of thiazole rings is 1. The lowest BCUT2D eigenvalue weighted by atomic mass is 10.2. The Morgan fingerprint density at radius 1 is 1.04 bits per heavy atom. The number of hydrogen-bond acceptors (Lipinski definition) is 5. The molecule has 2 amide bonds. The van der Waals surface area contributed by atoms with E-state index in [4.69, 9.17) is 0 Å². The van der Waals surface area contributed by atoms with Crippen LogP contribution in [-0.4, -0.2) is 16.8 Å². The van der Waals surface area contributed by atoms with E-state index in [9.17, 15) is 14.0 Å². The number of amides is 2. The van der Waals surface area contributed by atoms with E-state index >= 15 is 0 Å². The van der Waals surface area contributed by atoms with Crippen LogP contribution >= 0.6 is 22.7 Å². The molecule has 0 aliphatic rings. The maximum Gasteiger partial charge on any atom is 0.267 e. The Bertz CT molecular complexity index is 1170. The third kappa shape index (κ3) is 3.16. The van der Waals surface area contributed by atoms with Crippen LogP contribution in [0.25, 0.3) is 20.3 Å². The number of fused-ring (bicyclic) bond motifs is 2. The average molecular weight is 385 g/mol. The number of halogens is 1. The van der Waals surface area contributed by atoms with Gasteiger partial charge in [0, 0.05) is 22.7 Å². The highest BCUT2D eigenvalue weighted by atomic mass is 32.1. The number of hydrogen-bond donors (Lipinski definition) is 2. The molecule has 2 N–H and O–H groups in total. The highest BCUT2D eigenvalue weighted by molar-refractivity contribution is 7.23. The van der Waals surface area contributed by atoms with Gasteiger partial charge in [0.1, 0.15) is 5.82 Å². The van der Waals surface area contributed by atoms with Crippen LogP contribution in [0.4, 0.5) is 15.2 Å². The van der Waals surface area contributed by atoms with E-state index in [1.807, 2.05) is 0 Å². The molecule has 4 aromatic rings. The van der Waals surface area contributed by atoms with Gasteiger partial charge in [0.25, 0.3) is 5.91 Å². The summed E-state index contributed by atoms with van der Waals surface area (Å²) in [5, 5.41) is 6.35. The van der Waals surface area contributed by atoms with Crippen LogP contribution in [0.15, 0.2) is 42.5 Å². The van der Waals surface area contributed by atoms with Gasteiger partial charge in [0.05, 0.1) is 15.1 Å². The van der Waals surface area contributed by atoms with Gasteiger partial charge in [-0.05, 0) is 36.4 Å². The Hall–Kier alpha value is -2.84. The Morgan fingerprint density at radius 3 is 2.65 bits per heavy atom. The van der Waals surface area contributed by atoms with Crippen molar-refractivity contribution in [2.24, 2.45) is 0 Å². The SMILES string of the molecule is CC(=O)Nc1ccc2nc(NC(=O)c3cc4c(F)cccc4s3)sc2c1. The molecule has 0 aliphatic heterocycles. The van der Waals surface area contributed by atoms with Crippen LogP contribution < -0.4 is 10.6 Å². The molecular weight excluding hydrogens is 373 g/mol. The molecule has 2 heterocycles. The largest absolute Gasteiger partial charge is 0.326 e. The Balaban J connectivity index is 1.60. The van der Waals surface area contributed by atoms with E-state index in [2.05, 4.69) is 15.6 Å². The van der Waals surface area contributed by atoms with E-state index in [1.165, 1.54) is 35.7 Å². The zero-order chi connectivity index (χ0) is 18.3. The molecule has 4 rings (SSSR count). The van der Waals surface area contributed by atoms with Gasteiger partial charge >= 0.3 is 0 Å². The Labute approximate surface area is 155 Å². The van der Waals surface area contributed by atoms with Crippen molar-refractivity contribution in [3.8, 4) is 0 Å². The summed E-state index contributed by atoms with van der Waals surface area (Å²) < 4.78 is 15.4. The lowest BCUT2D eigenvalue weighted by molar-refractivity contribution is -0.114. The number of nitrogens with zero attached hydrogens (tertiary/aromatic N) is 1. The first-order chi connectivity index (χ1) is 12.5. The predicted molar refractivity (Wildman–Crippen MR) is 104 cm³/mol. The fraction of sp³-hybridized carbons (Fsp3) is 0.0556. The lowest BCUT2D eigenvalue weighted by Gasteiger charge is -1.99. The second kappa shape index (κ2) is 6.47. The molecule has 0 aliphatic carbocycles. The minimum atomic E-state index is -0.344. The second-order valence-electron chi connectivity index (χ2n) is 5.60. The highest BCUT2D eigenvalue weighted by Gasteiger charge is 2.15. The first kappa shape index (κ1) is 16.6. The maximum absolute atomic E-state index is 13.8. The molecule has 8 heteroatoms. The molecule has 0 saturated heterocycles. The topological polar surface area (TPSA) is 71.1 Å². The van der Waals surface area contributed by atoms with E-state index in [0.29, 0.717) is 21.1 Å². The summed E-state index contributed by atoms with van der Waals surface area (Å²) in [5.74, 6) is -0.825. The molecule has 2 aromatic carbocycles. The van der Waals surface area contributed by atoms with Gasteiger partial charge in [-0.1, -0.05) is 17.4 Å². The van der Waals surface area contributed by atoms with Gasteiger partial charge in [0.2, 0.25) is 5.91 Å². The van der Waals surface area contributed by atoms with Crippen molar-refractivity contribution in [3.63, 3.8) is 0 Å². The van der Waals surface area contributed by atoms with E-state index in [0.717, 1.165) is 14.9 Å². The summed E-state index contributed by atoms with van der Waals surface area (Å²) in [6, 6.07) is 11.7. The first-order valence-corrected chi connectivity index (χ1v) is 9.30. The molecule has 2 aromatic heterocycles. The van der Waals surface area contributed by atoms with Crippen LogP contribution in [0, 0.1) is 5.82 Å². The summed E-state index contributed by atoms with van der Waals surface area (Å²) in [6.07, 6.45) is 0. The number of carbonyl (C=O) groups excluding carboxylic acids is 2. The number of nitrogens with one attached hydrogen (secondary N) is 2. The van der Waals surface area contributed by atoms with Crippen molar-refractivity contribution in [3.05, 3.63) is 53.2 Å². The summed E-state index contributed by atoms with van der Waals surface area (Å²) >= 11 is 2.54. The van der Waals surface area contributed by atoms with Gasteiger partial charge in [-0.3, -0.25) is 14.9 Å². The monoisotopic (exact) mass is 385 g/mol. The average Bonchev–Trinajstić information content (AvgIpc) is 3.18. The quantitative estimate of drug-likeness (QED) is 0.529. The molecule has 0 spiro atoms. The van der Waals surface area contributed by atoms with Crippen LogP contribution in [0.3, 0.4) is 0 Å². The maximum atomic E-state index is 13.8. The molecule has 0 radical (unpaired) electrons. The van der Waals surface area contributed by atoms with Crippen molar-refractivity contribution >= 4 is 65.6 Å². The number of benzene rings is 2. The van der Waals surface area contributed by atoms with Crippen molar-refractivity contribution in [1.29, 1.82) is 0 Å². The fourth-order valence-corrected chi connectivity index (χ4v) is 4.43. The number of carbonyl (C=O) groups is 2. The van der Waals surface area contributed by atoms with E-state index in [-0.39, 0.29) is 17.6 Å². The molecule has 0 saturated carbocycles. The number of anilines is 2. The van der Waals surface area contributed by atoms with Gasteiger partial charge in [-0.25, -0.2) is 9.37 Å². The molecule has 0 atom stereocenters. The first-order valence-electron chi connectivity index (χ1n) is 7.67. The molecule has 5 nitrogen and oxygen atoms in total. The molecule has 0 fully saturated rings. The Kier molecular flexibility index (Phi) is 4.14. The van der Waals surface area contributed by atoms with Crippen LogP contribution in [0.1, 0.15) is 16.6 Å². The van der Waals surface area contributed by atoms with Crippen molar-refractivity contribution < 1.29 is 14.0 Å². The van der Waals surface area contributed by atoms with Gasteiger partial charge in [0.15, 0.2) is 5.13 Å². The van der Waals surface area contributed by atoms with Gasteiger partial charge in [-0.15, -0.1) is 11.3 Å². The van der Waals surface area contributed by atoms with Crippen LogP contribution in [-0.2, 0) is 4.79 Å². The van der Waals surface area contributed by atoms with Crippen LogP contribution in [0.2, 0.25) is 0 Å². The van der Waals surface area contributed by atoms with Crippen LogP contribution in [0.5, 0.6) is 0 Å². The molecule has 26 heavy (non-hydrogen) atoms. The van der Waals surface area contributed by atoms with Crippen molar-refractivity contribution in [1.82, 2.24) is 4.98 Å². The number of thiophene rings is 1. The number of aromatic nitrogens is 1. The minimum absolute atomic E-state index is 0.153. The third-order valence-electron chi connectivity index (χ3n) is 3.66. The zero-order valence-corrected chi connectivity index (χ0v) is 15.1. The second-order valence-corrected chi connectivity index (χ2v) is 7.71. The molecule has 130 valence electrons. The molecular formula is C18H12FN3O2S2. The van der Waals surface area contributed by atoms with E-state index < -0.39 is 0 Å². The standard InChI is InChI=1S/C18H12FN3O2S2/c1-9(23)20-10-5-6-13-15(7-10)26-18(21-13)22-17(24)16-8-11-12(19)3-2-4-14(11)25-16/h2-8H,1H3,(H,20,23)(H,21,22,24). The third-order valence-corrected chi connectivity index (χ3v) is 5.69.